The Labute approximate surface area is 141 Å². The summed E-state index contributed by atoms with van der Waals surface area (Å²) in [5.41, 5.74) is 3.89. The summed E-state index contributed by atoms with van der Waals surface area (Å²) >= 11 is 0. The van der Waals surface area contributed by atoms with Gasteiger partial charge < -0.3 is 10.1 Å². The van der Waals surface area contributed by atoms with Crippen molar-refractivity contribution >= 4 is 5.91 Å². The Morgan fingerprint density at radius 3 is 2.29 bits per heavy atom. The molecule has 120 valence electrons. The second-order valence-corrected chi connectivity index (χ2v) is 5.48. The molecule has 3 nitrogen and oxygen atoms in total. The zero-order chi connectivity index (χ0) is 16.8. The number of hydrogen-bond donors (Lipinski definition) is 1. The summed E-state index contributed by atoms with van der Waals surface area (Å²) in [7, 11) is 1.63. The van der Waals surface area contributed by atoms with E-state index in [0.29, 0.717) is 12.1 Å². The Kier molecular flexibility index (Phi) is 4.92. The normalized spacial score (nSPS) is 10.2. The van der Waals surface area contributed by atoms with Gasteiger partial charge in [0.1, 0.15) is 5.75 Å². The number of methoxy groups -OCH3 is 1. The molecule has 0 aromatic heterocycles. The van der Waals surface area contributed by atoms with Crippen molar-refractivity contribution in [3.05, 3.63) is 90.0 Å². The average molecular weight is 317 g/mol. The van der Waals surface area contributed by atoms with Crippen molar-refractivity contribution in [1.29, 1.82) is 0 Å². The fourth-order valence-electron chi connectivity index (χ4n) is 2.51. The maximum Gasteiger partial charge on any atom is 0.251 e. The number of rotatable bonds is 5. The first kappa shape index (κ1) is 15.8. The minimum atomic E-state index is -0.0857. The smallest absolute Gasteiger partial charge is 0.251 e. The molecule has 1 amide bonds. The molecule has 0 radical (unpaired) electrons. The molecule has 0 heterocycles. The van der Waals surface area contributed by atoms with Gasteiger partial charge >= 0.3 is 0 Å². The third-order valence-electron chi connectivity index (χ3n) is 3.84. The Hall–Kier alpha value is -3.07. The average Bonchev–Trinajstić information content (AvgIpc) is 2.67. The number of ether oxygens (including phenoxy) is 1. The van der Waals surface area contributed by atoms with Crippen LogP contribution in [0, 0.1) is 0 Å². The Morgan fingerprint density at radius 2 is 1.58 bits per heavy atom. The van der Waals surface area contributed by atoms with E-state index in [9.17, 15) is 4.79 Å². The van der Waals surface area contributed by atoms with Gasteiger partial charge in [0.25, 0.3) is 5.91 Å². The second kappa shape index (κ2) is 7.47. The lowest BCUT2D eigenvalue weighted by Gasteiger charge is -2.08. The van der Waals surface area contributed by atoms with E-state index in [0.717, 1.165) is 22.4 Å². The van der Waals surface area contributed by atoms with Crippen molar-refractivity contribution in [3.63, 3.8) is 0 Å². The van der Waals surface area contributed by atoms with Crippen molar-refractivity contribution < 1.29 is 9.53 Å². The maximum absolute atomic E-state index is 12.3. The molecule has 0 fully saturated rings. The van der Waals surface area contributed by atoms with Crippen LogP contribution in [0.5, 0.6) is 5.75 Å². The number of amides is 1. The van der Waals surface area contributed by atoms with Crippen LogP contribution in [0.1, 0.15) is 15.9 Å². The number of carbonyl (C=O) groups excluding carboxylic acids is 1. The lowest BCUT2D eigenvalue weighted by Crippen LogP contribution is -2.22. The van der Waals surface area contributed by atoms with Gasteiger partial charge in [0.05, 0.1) is 7.11 Å². The van der Waals surface area contributed by atoms with E-state index in [1.165, 1.54) is 0 Å². The first-order valence-electron chi connectivity index (χ1n) is 7.83. The molecule has 0 spiro atoms. The van der Waals surface area contributed by atoms with Gasteiger partial charge in [-0.05, 0) is 41.0 Å². The van der Waals surface area contributed by atoms with Crippen molar-refractivity contribution in [3.8, 4) is 16.9 Å². The minimum absolute atomic E-state index is 0.0857. The molecule has 0 bridgehead atoms. The molecular weight excluding hydrogens is 298 g/mol. The molecule has 0 saturated heterocycles. The van der Waals surface area contributed by atoms with Gasteiger partial charge in [0.2, 0.25) is 0 Å². The van der Waals surface area contributed by atoms with E-state index in [1.54, 1.807) is 7.11 Å². The van der Waals surface area contributed by atoms with Crippen LogP contribution in [-0.4, -0.2) is 13.0 Å². The minimum Gasteiger partial charge on any atom is -0.497 e. The molecule has 0 aliphatic carbocycles. The SMILES string of the molecule is COc1cccc(CNC(=O)c2ccc(-c3ccccc3)cc2)c1. The first-order valence-corrected chi connectivity index (χ1v) is 7.83. The van der Waals surface area contributed by atoms with Gasteiger partial charge in [-0.25, -0.2) is 0 Å². The zero-order valence-corrected chi connectivity index (χ0v) is 13.5. The summed E-state index contributed by atoms with van der Waals surface area (Å²) in [6, 6.07) is 25.4. The van der Waals surface area contributed by atoms with Crippen molar-refractivity contribution in [2.75, 3.05) is 7.11 Å². The predicted octanol–water partition coefficient (Wildman–Crippen LogP) is 4.29. The maximum atomic E-state index is 12.3. The molecule has 3 rings (SSSR count). The molecule has 0 unspecified atom stereocenters. The van der Waals surface area contributed by atoms with Crippen LogP contribution >= 0.6 is 0 Å². The molecule has 3 heteroatoms. The molecule has 0 aliphatic rings. The quantitative estimate of drug-likeness (QED) is 0.762. The summed E-state index contributed by atoms with van der Waals surface area (Å²) in [5, 5.41) is 2.93. The summed E-state index contributed by atoms with van der Waals surface area (Å²) in [4.78, 5) is 12.3. The largest absolute Gasteiger partial charge is 0.497 e. The number of benzene rings is 3. The molecule has 0 aliphatic heterocycles. The summed E-state index contributed by atoms with van der Waals surface area (Å²) < 4.78 is 5.19. The zero-order valence-electron chi connectivity index (χ0n) is 13.5. The van der Waals surface area contributed by atoms with Gasteiger partial charge in [0, 0.05) is 12.1 Å². The Balaban J connectivity index is 1.65. The van der Waals surface area contributed by atoms with E-state index in [1.807, 2.05) is 66.7 Å². The Morgan fingerprint density at radius 1 is 0.875 bits per heavy atom. The summed E-state index contributed by atoms with van der Waals surface area (Å²) in [6.07, 6.45) is 0. The number of carbonyl (C=O) groups is 1. The van der Waals surface area contributed by atoms with E-state index in [2.05, 4.69) is 17.4 Å². The topological polar surface area (TPSA) is 38.3 Å². The highest BCUT2D eigenvalue weighted by molar-refractivity contribution is 5.94. The third-order valence-corrected chi connectivity index (χ3v) is 3.84. The number of hydrogen-bond acceptors (Lipinski definition) is 2. The molecule has 0 saturated carbocycles. The highest BCUT2D eigenvalue weighted by atomic mass is 16.5. The fourth-order valence-corrected chi connectivity index (χ4v) is 2.51. The third kappa shape index (κ3) is 3.82. The number of nitrogens with one attached hydrogen (secondary N) is 1. The van der Waals surface area contributed by atoms with Gasteiger partial charge in [-0.15, -0.1) is 0 Å². The fraction of sp³-hybridized carbons (Fsp3) is 0.0952. The Bertz CT molecular complexity index is 811. The molecular formula is C21H19NO2. The van der Waals surface area contributed by atoms with Crippen molar-refractivity contribution in [2.45, 2.75) is 6.54 Å². The molecule has 3 aromatic carbocycles. The van der Waals surface area contributed by atoms with E-state index in [-0.39, 0.29) is 5.91 Å². The molecule has 0 atom stereocenters. The van der Waals surface area contributed by atoms with Crippen molar-refractivity contribution in [1.82, 2.24) is 5.32 Å². The monoisotopic (exact) mass is 317 g/mol. The van der Waals surface area contributed by atoms with Gasteiger partial charge in [-0.2, -0.15) is 0 Å². The summed E-state index contributed by atoms with van der Waals surface area (Å²) in [6.45, 7) is 0.469. The van der Waals surface area contributed by atoms with Gasteiger partial charge in [-0.3, -0.25) is 4.79 Å². The van der Waals surface area contributed by atoms with E-state index >= 15 is 0 Å². The highest BCUT2D eigenvalue weighted by Crippen LogP contribution is 2.19. The molecule has 24 heavy (non-hydrogen) atoms. The van der Waals surface area contributed by atoms with Crippen molar-refractivity contribution in [2.24, 2.45) is 0 Å². The van der Waals surface area contributed by atoms with Crippen LogP contribution in [0.2, 0.25) is 0 Å². The first-order chi connectivity index (χ1) is 11.8. The highest BCUT2D eigenvalue weighted by Gasteiger charge is 2.06. The predicted molar refractivity (Wildman–Crippen MR) is 96.0 cm³/mol. The van der Waals surface area contributed by atoms with E-state index in [4.69, 9.17) is 4.74 Å². The van der Waals surface area contributed by atoms with Crippen LogP contribution in [0.3, 0.4) is 0 Å². The second-order valence-electron chi connectivity index (χ2n) is 5.48. The van der Waals surface area contributed by atoms with Gasteiger partial charge in [-0.1, -0.05) is 54.6 Å². The van der Waals surface area contributed by atoms with E-state index < -0.39 is 0 Å². The summed E-state index contributed by atoms with van der Waals surface area (Å²) in [5.74, 6) is 0.700. The van der Waals surface area contributed by atoms with Crippen LogP contribution in [0.4, 0.5) is 0 Å². The van der Waals surface area contributed by atoms with Gasteiger partial charge in [0.15, 0.2) is 0 Å². The lowest BCUT2D eigenvalue weighted by atomic mass is 10.0. The van der Waals surface area contributed by atoms with Crippen LogP contribution in [0.15, 0.2) is 78.9 Å². The molecule has 1 N–H and O–H groups in total. The lowest BCUT2D eigenvalue weighted by molar-refractivity contribution is 0.0951. The standard InChI is InChI=1S/C21H19NO2/c1-24-20-9-5-6-16(14-20)15-22-21(23)19-12-10-18(11-13-19)17-7-3-2-4-8-17/h2-14H,15H2,1H3,(H,22,23). The van der Waals surface area contributed by atoms with Crippen LogP contribution in [-0.2, 0) is 6.54 Å². The molecule has 3 aromatic rings. The van der Waals surface area contributed by atoms with Crippen LogP contribution in [0.25, 0.3) is 11.1 Å². The van der Waals surface area contributed by atoms with Crippen LogP contribution < -0.4 is 10.1 Å².